The fourth-order valence-corrected chi connectivity index (χ4v) is 2.57. The quantitative estimate of drug-likeness (QED) is 0.819. The smallest absolute Gasteiger partial charge is 0.143 e. The number of ether oxygens (including phenoxy) is 1. The Balaban J connectivity index is 2.22. The van der Waals surface area contributed by atoms with Crippen LogP contribution in [0.15, 0.2) is 48.2 Å². The number of rotatable bonds is 3. The lowest BCUT2D eigenvalue weighted by Gasteiger charge is -2.26. The summed E-state index contributed by atoms with van der Waals surface area (Å²) in [6.45, 7) is 0.910. The third-order valence-corrected chi connectivity index (χ3v) is 3.50. The van der Waals surface area contributed by atoms with Crippen molar-refractivity contribution in [3.8, 4) is 0 Å². The van der Waals surface area contributed by atoms with E-state index in [9.17, 15) is 0 Å². The van der Waals surface area contributed by atoms with Gasteiger partial charge in [-0.3, -0.25) is 0 Å². The molecule has 0 saturated carbocycles. The van der Waals surface area contributed by atoms with Crippen LogP contribution in [-0.4, -0.2) is 19.7 Å². The molecule has 0 spiro atoms. The van der Waals surface area contributed by atoms with Crippen LogP contribution in [0, 0.1) is 0 Å². The van der Waals surface area contributed by atoms with Crippen LogP contribution in [0.4, 0.5) is 0 Å². The van der Waals surface area contributed by atoms with Gasteiger partial charge in [0.05, 0.1) is 0 Å². The summed E-state index contributed by atoms with van der Waals surface area (Å²) in [5, 5.41) is 5.58. The minimum Gasteiger partial charge on any atom is -0.485 e. The van der Waals surface area contributed by atoms with Crippen molar-refractivity contribution in [3.63, 3.8) is 0 Å². The van der Waals surface area contributed by atoms with E-state index in [0.717, 1.165) is 30.0 Å². The fourth-order valence-electron chi connectivity index (χ4n) is 2.57. The summed E-state index contributed by atoms with van der Waals surface area (Å²) in [6, 6.07) is 8.37. The molecule has 0 aromatic heterocycles. The van der Waals surface area contributed by atoms with E-state index >= 15 is 0 Å². The van der Waals surface area contributed by atoms with Crippen molar-refractivity contribution in [2.24, 2.45) is 5.73 Å². The molecular formula is C16H18N2O. The van der Waals surface area contributed by atoms with Gasteiger partial charge in [-0.05, 0) is 30.5 Å². The topological polar surface area (TPSA) is 47.3 Å². The highest BCUT2D eigenvalue weighted by Crippen LogP contribution is 2.22. The van der Waals surface area contributed by atoms with Crippen LogP contribution in [0.5, 0.6) is 0 Å². The monoisotopic (exact) mass is 254 g/mol. The van der Waals surface area contributed by atoms with Crippen molar-refractivity contribution < 1.29 is 4.74 Å². The first-order valence-electron chi connectivity index (χ1n) is 6.58. The molecule has 0 amide bonds. The van der Waals surface area contributed by atoms with Gasteiger partial charge in [-0.25, -0.2) is 0 Å². The van der Waals surface area contributed by atoms with Gasteiger partial charge in [0.15, 0.2) is 0 Å². The molecule has 0 saturated heterocycles. The number of allylic oxidation sites excluding steroid dienone is 1. The average Bonchev–Trinajstić information content (AvgIpc) is 2.45. The largest absolute Gasteiger partial charge is 0.485 e. The highest BCUT2D eigenvalue weighted by molar-refractivity contribution is 5.70. The van der Waals surface area contributed by atoms with Gasteiger partial charge in [0.25, 0.3) is 0 Å². The Bertz CT molecular complexity index is 670. The lowest BCUT2D eigenvalue weighted by Crippen LogP contribution is -2.39. The first-order valence-corrected chi connectivity index (χ1v) is 6.58. The van der Waals surface area contributed by atoms with Crippen LogP contribution >= 0.6 is 0 Å². The normalized spacial score (nSPS) is 20.5. The summed E-state index contributed by atoms with van der Waals surface area (Å²) < 4.78 is 6.12. The average molecular weight is 254 g/mol. The van der Waals surface area contributed by atoms with E-state index in [1.165, 1.54) is 10.4 Å². The van der Waals surface area contributed by atoms with Crippen LogP contribution in [0.25, 0.3) is 11.3 Å². The molecule has 3 N–H and O–H groups in total. The molecule has 1 aromatic carbocycles. The van der Waals surface area contributed by atoms with Gasteiger partial charge >= 0.3 is 0 Å². The Morgan fingerprint density at radius 3 is 2.84 bits per heavy atom. The molecule has 3 heteroatoms. The molecule has 3 nitrogen and oxygen atoms in total. The predicted octanol–water partition coefficient (Wildman–Crippen LogP) is 0.366. The third-order valence-electron chi connectivity index (χ3n) is 3.50. The Kier molecular flexibility index (Phi) is 3.13. The predicted molar refractivity (Wildman–Crippen MR) is 77.3 cm³/mol. The second-order valence-electron chi connectivity index (χ2n) is 4.82. The molecule has 98 valence electrons. The molecule has 1 aliphatic heterocycles. The zero-order valence-electron chi connectivity index (χ0n) is 11.0. The Hall–Kier alpha value is -2.00. The lowest BCUT2D eigenvalue weighted by atomic mass is 9.96. The molecule has 2 aliphatic rings. The van der Waals surface area contributed by atoms with Crippen LogP contribution in [0.2, 0.25) is 0 Å². The van der Waals surface area contributed by atoms with Crippen molar-refractivity contribution in [2.75, 3.05) is 13.6 Å². The fraction of sp³-hybridized carbons (Fsp3) is 0.250. The highest BCUT2D eigenvalue weighted by Gasteiger charge is 2.21. The summed E-state index contributed by atoms with van der Waals surface area (Å²) in [6.07, 6.45) is 6.84. The van der Waals surface area contributed by atoms with E-state index < -0.39 is 0 Å². The number of hydrogen-bond donors (Lipinski definition) is 2. The van der Waals surface area contributed by atoms with Gasteiger partial charge < -0.3 is 15.8 Å². The Labute approximate surface area is 112 Å². The second kappa shape index (κ2) is 4.94. The number of hydrogen-bond acceptors (Lipinski definition) is 3. The van der Waals surface area contributed by atoms with Crippen LogP contribution in [-0.2, 0) is 4.74 Å². The van der Waals surface area contributed by atoms with Gasteiger partial charge in [-0.15, -0.1) is 0 Å². The minimum atomic E-state index is -0.00550. The zero-order chi connectivity index (χ0) is 13.2. The molecule has 0 bridgehead atoms. The van der Waals surface area contributed by atoms with Crippen molar-refractivity contribution in [1.82, 2.24) is 5.32 Å². The number of nitrogens with two attached hydrogens (primary N) is 1. The van der Waals surface area contributed by atoms with E-state index in [1.54, 1.807) is 0 Å². The molecule has 1 unspecified atom stereocenters. The van der Waals surface area contributed by atoms with Crippen molar-refractivity contribution in [2.45, 2.75) is 12.5 Å². The molecule has 1 aromatic rings. The molecule has 1 aliphatic carbocycles. The van der Waals surface area contributed by atoms with Crippen molar-refractivity contribution in [3.05, 3.63) is 58.6 Å². The molecule has 1 atom stereocenters. The second-order valence-corrected chi connectivity index (χ2v) is 4.82. The highest BCUT2D eigenvalue weighted by atomic mass is 16.5. The van der Waals surface area contributed by atoms with Crippen molar-refractivity contribution in [1.29, 1.82) is 0 Å². The first-order chi connectivity index (χ1) is 9.29. The van der Waals surface area contributed by atoms with Crippen LogP contribution in [0.1, 0.15) is 6.42 Å². The Morgan fingerprint density at radius 2 is 2.05 bits per heavy atom. The third kappa shape index (κ3) is 2.17. The first kappa shape index (κ1) is 12.1. The number of benzene rings is 1. The maximum absolute atomic E-state index is 6.12. The Morgan fingerprint density at radius 1 is 1.26 bits per heavy atom. The van der Waals surface area contributed by atoms with Crippen LogP contribution in [0.3, 0.4) is 0 Å². The van der Waals surface area contributed by atoms with E-state index in [1.807, 2.05) is 31.3 Å². The molecule has 0 fully saturated rings. The maximum Gasteiger partial charge on any atom is 0.143 e. The van der Waals surface area contributed by atoms with Gasteiger partial charge in [0.1, 0.15) is 11.9 Å². The molecular weight excluding hydrogens is 236 g/mol. The molecule has 1 heterocycles. The van der Waals surface area contributed by atoms with Gasteiger partial charge in [-0.1, -0.05) is 24.3 Å². The minimum absolute atomic E-state index is 0.00550. The van der Waals surface area contributed by atoms with Crippen LogP contribution < -0.4 is 21.5 Å². The zero-order valence-corrected chi connectivity index (χ0v) is 11.0. The molecule has 0 radical (unpaired) electrons. The summed E-state index contributed by atoms with van der Waals surface area (Å²) in [5.41, 5.74) is 7.83. The van der Waals surface area contributed by atoms with E-state index in [2.05, 4.69) is 23.5 Å². The van der Waals surface area contributed by atoms with Gasteiger partial charge in [0, 0.05) is 29.5 Å². The standard InChI is InChI=1S/C16H18N2O/c1-18-9-8-16-13-5-3-2-4-12(13)14-10-11(17)6-7-15(14)19-16/h2-7,10,15,18H,8-9,17H2,1H3. The van der Waals surface area contributed by atoms with Gasteiger partial charge in [0.2, 0.25) is 0 Å². The van der Waals surface area contributed by atoms with E-state index in [-0.39, 0.29) is 6.10 Å². The van der Waals surface area contributed by atoms with E-state index in [0.29, 0.717) is 0 Å². The summed E-state index contributed by atoms with van der Waals surface area (Å²) >= 11 is 0. The summed E-state index contributed by atoms with van der Waals surface area (Å²) in [4.78, 5) is 0. The number of nitrogens with one attached hydrogen (secondary N) is 1. The molecule has 3 rings (SSSR count). The van der Waals surface area contributed by atoms with E-state index in [4.69, 9.17) is 10.5 Å². The lowest BCUT2D eigenvalue weighted by molar-refractivity contribution is 0.242. The summed E-state index contributed by atoms with van der Waals surface area (Å²) in [5.74, 6) is 1.05. The van der Waals surface area contributed by atoms with Crippen molar-refractivity contribution >= 4 is 11.3 Å². The SMILES string of the molecule is CNCCC1=c2ccccc2=C2C=C(N)C=CC2O1. The summed E-state index contributed by atoms with van der Waals surface area (Å²) in [7, 11) is 1.96. The number of fused-ring (bicyclic) bond motifs is 2. The van der Waals surface area contributed by atoms with Gasteiger partial charge in [-0.2, -0.15) is 0 Å². The maximum atomic E-state index is 6.12. The molecule has 19 heavy (non-hydrogen) atoms.